The number of esters is 1. The van der Waals surface area contributed by atoms with E-state index in [0.717, 1.165) is 5.56 Å². The number of hydrogen-bond donors (Lipinski definition) is 0. The quantitative estimate of drug-likeness (QED) is 0.769. The minimum Gasteiger partial charge on any atom is -0.494 e. The van der Waals surface area contributed by atoms with E-state index in [1.165, 1.54) is 6.92 Å². The number of cyclic esters (lactones) is 1. The Labute approximate surface area is 106 Å². The largest absolute Gasteiger partial charge is 0.494 e. The van der Waals surface area contributed by atoms with Crippen LogP contribution in [-0.4, -0.2) is 24.0 Å². The normalized spacial score (nSPS) is 22.1. The molecule has 1 heterocycles. The summed E-state index contributed by atoms with van der Waals surface area (Å²) < 4.78 is 10.6. The van der Waals surface area contributed by atoms with Crippen LogP contribution >= 0.6 is 0 Å². The Morgan fingerprint density at radius 1 is 1.50 bits per heavy atom. The van der Waals surface area contributed by atoms with Crippen LogP contribution < -0.4 is 4.74 Å². The number of ketones is 1. The summed E-state index contributed by atoms with van der Waals surface area (Å²) in [4.78, 5) is 23.5. The summed E-state index contributed by atoms with van der Waals surface area (Å²) >= 11 is 0. The molecular weight excluding hydrogens is 232 g/mol. The van der Waals surface area contributed by atoms with E-state index in [4.69, 9.17) is 9.47 Å². The Hall–Kier alpha value is -1.84. The van der Waals surface area contributed by atoms with E-state index in [1.807, 2.05) is 19.1 Å². The molecule has 0 radical (unpaired) electrons. The third kappa shape index (κ3) is 2.10. The molecule has 1 unspecified atom stereocenters. The number of hydrogen-bond acceptors (Lipinski definition) is 4. The van der Waals surface area contributed by atoms with Crippen molar-refractivity contribution in [2.45, 2.75) is 32.8 Å². The molecule has 0 bridgehead atoms. The van der Waals surface area contributed by atoms with Crippen molar-refractivity contribution in [1.82, 2.24) is 0 Å². The lowest BCUT2D eigenvalue weighted by Crippen LogP contribution is -2.44. The molecule has 0 aliphatic carbocycles. The molecule has 18 heavy (non-hydrogen) atoms. The zero-order valence-corrected chi connectivity index (χ0v) is 10.8. The van der Waals surface area contributed by atoms with Gasteiger partial charge in [-0.05, 0) is 38.5 Å². The van der Waals surface area contributed by atoms with Gasteiger partial charge in [-0.15, -0.1) is 0 Å². The van der Waals surface area contributed by atoms with E-state index >= 15 is 0 Å². The van der Waals surface area contributed by atoms with Crippen molar-refractivity contribution in [2.75, 3.05) is 6.61 Å². The van der Waals surface area contributed by atoms with Crippen molar-refractivity contribution >= 4 is 11.8 Å². The van der Waals surface area contributed by atoms with Crippen LogP contribution in [-0.2, 0) is 16.0 Å². The van der Waals surface area contributed by atoms with Gasteiger partial charge in [0.15, 0.2) is 11.4 Å². The van der Waals surface area contributed by atoms with E-state index in [0.29, 0.717) is 24.3 Å². The van der Waals surface area contributed by atoms with Gasteiger partial charge in [-0.3, -0.25) is 4.79 Å². The summed E-state index contributed by atoms with van der Waals surface area (Å²) in [5.74, 6) is 0.0329. The average molecular weight is 248 g/mol. The SMILES string of the molecule is CCOc1ccc2c(c1)C(=O)OC(C)(C(C)=O)C2. The van der Waals surface area contributed by atoms with E-state index in [2.05, 4.69) is 0 Å². The van der Waals surface area contributed by atoms with Gasteiger partial charge in [-0.2, -0.15) is 0 Å². The Bertz CT molecular complexity index is 507. The van der Waals surface area contributed by atoms with Crippen LogP contribution in [0.3, 0.4) is 0 Å². The maximum atomic E-state index is 11.9. The Kier molecular flexibility index (Phi) is 3.11. The summed E-state index contributed by atoms with van der Waals surface area (Å²) in [6.07, 6.45) is 0.413. The Balaban J connectivity index is 2.39. The average Bonchev–Trinajstić information content (AvgIpc) is 2.30. The second-order valence-corrected chi connectivity index (χ2v) is 4.61. The van der Waals surface area contributed by atoms with Gasteiger partial charge in [-0.25, -0.2) is 4.79 Å². The van der Waals surface area contributed by atoms with Crippen molar-refractivity contribution in [3.05, 3.63) is 29.3 Å². The van der Waals surface area contributed by atoms with Crippen LogP contribution in [0, 0.1) is 0 Å². The molecule has 1 aliphatic rings. The lowest BCUT2D eigenvalue weighted by atomic mass is 9.87. The molecule has 1 aromatic carbocycles. The lowest BCUT2D eigenvalue weighted by molar-refractivity contribution is -0.135. The van der Waals surface area contributed by atoms with Gasteiger partial charge in [-0.1, -0.05) is 6.07 Å². The van der Waals surface area contributed by atoms with E-state index in [-0.39, 0.29) is 5.78 Å². The van der Waals surface area contributed by atoms with E-state index in [1.54, 1.807) is 13.0 Å². The van der Waals surface area contributed by atoms with Crippen molar-refractivity contribution in [3.63, 3.8) is 0 Å². The topological polar surface area (TPSA) is 52.6 Å². The maximum Gasteiger partial charge on any atom is 0.339 e. The van der Waals surface area contributed by atoms with Crippen molar-refractivity contribution in [1.29, 1.82) is 0 Å². The first kappa shape index (κ1) is 12.6. The summed E-state index contributed by atoms with van der Waals surface area (Å²) in [7, 11) is 0. The molecular formula is C14H16O4. The molecule has 0 aromatic heterocycles. The van der Waals surface area contributed by atoms with Crippen molar-refractivity contribution in [2.24, 2.45) is 0 Å². The van der Waals surface area contributed by atoms with Gasteiger partial charge in [0.25, 0.3) is 0 Å². The summed E-state index contributed by atoms with van der Waals surface area (Å²) in [6, 6.07) is 5.30. The standard InChI is InChI=1S/C14H16O4/c1-4-17-11-6-5-10-8-14(3,9(2)15)18-13(16)12(10)7-11/h5-7H,4,8H2,1-3H3. The highest BCUT2D eigenvalue weighted by Gasteiger charge is 2.40. The number of fused-ring (bicyclic) bond motifs is 1. The van der Waals surface area contributed by atoms with E-state index < -0.39 is 11.6 Å². The molecule has 2 rings (SSSR count). The summed E-state index contributed by atoms with van der Waals surface area (Å²) in [6.45, 7) is 5.50. The number of carbonyl (C=O) groups excluding carboxylic acids is 2. The third-order valence-electron chi connectivity index (χ3n) is 3.20. The fourth-order valence-corrected chi connectivity index (χ4v) is 2.01. The maximum absolute atomic E-state index is 11.9. The second kappa shape index (κ2) is 4.44. The summed E-state index contributed by atoms with van der Waals surface area (Å²) in [5.41, 5.74) is 0.268. The number of carbonyl (C=O) groups is 2. The fraction of sp³-hybridized carbons (Fsp3) is 0.429. The summed E-state index contributed by atoms with van der Waals surface area (Å²) in [5, 5.41) is 0. The Morgan fingerprint density at radius 2 is 2.22 bits per heavy atom. The molecule has 1 aromatic rings. The smallest absolute Gasteiger partial charge is 0.339 e. The van der Waals surface area contributed by atoms with Crippen LogP contribution in [0.15, 0.2) is 18.2 Å². The van der Waals surface area contributed by atoms with Gasteiger partial charge in [0.05, 0.1) is 12.2 Å². The van der Waals surface area contributed by atoms with Crippen LogP contribution in [0.1, 0.15) is 36.7 Å². The molecule has 1 atom stereocenters. The van der Waals surface area contributed by atoms with Crippen LogP contribution in [0.5, 0.6) is 5.75 Å². The minimum absolute atomic E-state index is 0.143. The number of benzene rings is 1. The van der Waals surface area contributed by atoms with Crippen molar-refractivity contribution in [3.8, 4) is 5.75 Å². The molecule has 0 saturated heterocycles. The highest BCUT2D eigenvalue weighted by Crippen LogP contribution is 2.31. The highest BCUT2D eigenvalue weighted by molar-refractivity contribution is 5.97. The molecule has 0 amide bonds. The molecule has 4 heteroatoms. The zero-order chi connectivity index (χ0) is 13.3. The fourth-order valence-electron chi connectivity index (χ4n) is 2.01. The molecule has 0 saturated carbocycles. The zero-order valence-electron chi connectivity index (χ0n) is 10.8. The lowest BCUT2D eigenvalue weighted by Gasteiger charge is -2.32. The molecule has 0 spiro atoms. The number of Topliss-reactive ketones (excluding diaryl/α,β-unsaturated/α-hetero) is 1. The van der Waals surface area contributed by atoms with Gasteiger partial charge in [0.1, 0.15) is 5.75 Å². The van der Waals surface area contributed by atoms with Crippen LogP contribution in [0.2, 0.25) is 0 Å². The highest BCUT2D eigenvalue weighted by atomic mass is 16.6. The van der Waals surface area contributed by atoms with Gasteiger partial charge >= 0.3 is 5.97 Å². The van der Waals surface area contributed by atoms with Gasteiger partial charge in [0, 0.05) is 6.42 Å². The minimum atomic E-state index is -1.04. The van der Waals surface area contributed by atoms with Crippen LogP contribution in [0.4, 0.5) is 0 Å². The first-order valence-electron chi connectivity index (χ1n) is 5.96. The molecule has 96 valence electrons. The predicted molar refractivity (Wildman–Crippen MR) is 65.8 cm³/mol. The first-order chi connectivity index (χ1) is 8.46. The van der Waals surface area contributed by atoms with Gasteiger partial charge in [0.2, 0.25) is 0 Å². The van der Waals surface area contributed by atoms with E-state index in [9.17, 15) is 9.59 Å². The molecule has 0 N–H and O–H groups in total. The second-order valence-electron chi connectivity index (χ2n) is 4.61. The third-order valence-corrected chi connectivity index (χ3v) is 3.20. The van der Waals surface area contributed by atoms with Gasteiger partial charge < -0.3 is 9.47 Å². The van der Waals surface area contributed by atoms with Crippen LogP contribution in [0.25, 0.3) is 0 Å². The Morgan fingerprint density at radius 3 is 2.83 bits per heavy atom. The first-order valence-corrected chi connectivity index (χ1v) is 5.96. The number of ether oxygens (including phenoxy) is 2. The predicted octanol–water partition coefficient (Wildman–Crippen LogP) is 2.15. The monoisotopic (exact) mass is 248 g/mol. The molecule has 1 aliphatic heterocycles. The molecule has 4 nitrogen and oxygen atoms in total. The van der Waals surface area contributed by atoms with Crippen molar-refractivity contribution < 1.29 is 19.1 Å². The number of rotatable bonds is 3. The molecule has 0 fully saturated rings.